The van der Waals surface area contributed by atoms with E-state index in [1.54, 1.807) is 18.1 Å². The summed E-state index contributed by atoms with van der Waals surface area (Å²) in [5.41, 5.74) is -0.957. The fourth-order valence-electron chi connectivity index (χ4n) is 2.65. The van der Waals surface area contributed by atoms with Crippen LogP contribution in [0.25, 0.3) is 0 Å². The molecule has 0 aliphatic heterocycles. The Balaban J connectivity index is 2.13. The zero-order valence-electron chi connectivity index (χ0n) is 12.7. The molecule has 1 aromatic heterocycles. The summed E-state index contributed by atoms with van der Waals surface area (Å²) < 4.78 is 12.9. The number of aliphatic hydroxyl groups is 1. The van der Waals surface area contributed by atoms with E-state index < -0.39 is 11.4 Å². The zero-order valence-corrected chi connectivity index (χ0v) is 12.7. The van der Waals surface area contributed by atoms with Gasteiger partial charge in [0.1, 0.15) is 18.3 Å². The van der Waals surface area contributed by atoms with Crippen LogP contribution in [0.2, 0.25) is 0 Å². The third-order valence-electron chi connectivity index (χ3n) is 4.35. The second kappa shape index (κ2) is 5.79. The van der Waals surface area contributed by atoms with Gasteiger partial charge in [0.15, 0.2) is 5.79 Å². The summed E-state index contributed by atoms with van der Waals surface area (Å²) in [4.78, 5) is 3.93. The molecule has 2 unspecified atom stereocenters. The van der Waals surface area contributed by atoms with E-state index >= 15 is 0 Å². The Morgan fingerprint density at radius 2 is 2.15 bits per heavy atom. The van der Waals surface area contributed by atoms with Crippen LogP contribution in [0.1, 0.15) is 40.0 Å². The molecule has 6 heteroatoms. The minimum Gasteiger partial charge on any atom is -0.385 e. The summed E-state index contributed by atoms with van der Waals surface area (Å²) >= 11 is 0. The van der Waals surface area contributed by atoms with Crippen LogP contribution in [0.3, 0.4) is 0 Å². The third kappa shape index (κ3) is 3.19. The quantitative estimate of drug-likeness (QED) is 0.770. The molecule has 2 rings (SSSR count). The lowest BCUT2D eigenvalue weighted by Gasteiger charge is -2.46. The SMILES string of the molecule is COC(C)(C)OC(C)C(O)(Cn1cncn1)C1CCC1. The highest BCUT2D eigenvalue weighted by molar-refractivity contribution is 4.96. The van der Waals surface area contributed by atoms with Crippen LogP contribution in [0.15, 0.2) is 12.7 Å². The van der Waals surface area contributed by atoms with Crippen LogP contribution in [0.4, 0.5) is 0 Å². The maximum atomic E-state index is 11.2. The predicted molar refractivity (Wildman–Crippen MR) is 73.9 cm³/mol. The molecule has 0 bridgehead atoms. The Morgan fingerprint density at radius 3 is 2.60 bits per heavy atom. The number of hydrogen-bond donors (Lipinski definition) is 1. The maximum absolute atomic E-state index is 11.2. The average molecular weight is 283 g/mol. The van der Waals surface area contributed by atoms with Crippen molar-refractivity contribution in [3.05, 3.63) is 12.7 Å². The molecule has 0 saturated heterocycles. The minimum atomic E-state index is -0.957. The van der Waals surface area contributed by atoms with Crippen LogP contribution in [0, 0.1) is 5.92 Å². The van der Waals surface area contributed by atoms with Gasteiger partial charge in [0.25, 0.3) is 0 Å². The first kappa shape index (κ1) is 15.4. The molecule has 2 atom stereocenters. The number of ether oxygens (including phenoxy) is 2. The van der Waals surface area contributed by atoms with E-state index in [4.69, 9.17) is 9.47 Å². The Labute approximate surface area is 120 Å². The smallest absolute Gasteiger partial charge is 0.162 e. The zero-order chi connectivity index (χ0) is 14.8. The first-order valence-corrected chi connectivity index (χ1v) is 7.15. The summed E-state index contributed by atoms with van der Waals surface area (Å²) in [5.74, 6) is -0.492. The first-order valence-electron chi connectivity index (χ1n) is 7.15. The van der Waals surface area contributed by atoms with Crippen molar-refractivity contribution in [1.82, 2.24) is 14.8 Å². The van der Waals surface area contributed by atoms with Crippen molar-refractivity contribution in [1.29, 1.82) is 0 Å². The molecule has 0 radical (unpaired) electrons. The highest BCUT2D eigenvalue weighted by Crippen LogP contribution is 2.40. The molecular formula is C14H25N3O3. The molecule has 114 valence electrons. The van der Waals surface area contributed by atoms with Gasteiger partial charge in [-0.15, -0.1) is 0 Å². The molecule has 1 N–H and O–H groups in total. The standard InChI is InChI=1S/C14H25N3O3/c1-11(20-13(2,3)19-4)14(18,12-6-5-7-12)8-17-10-15-9-16-17/h9-12,18H,5-8H2,1-4H3. The molecular weight excluding hydrogens is 258 g/mol. The highest BCUT2D eigenvalue weighted by Gasteiger charge is 2.47. The summed E-state index contributed by atoms with van der Waals surface area (Å²) in [6, 6.07) is 0. The van der Waals surface area contributed by atoms with E-state index in [1.807, 2.05) is 20.8 Å². The molecule has 1 aliphatic carbocycles. The Bertz CT molecular complexity index is 417. The summed E-state index contributed by atoms with van der Waals surface area (Å²) in [7, 11) is 1.60. The molecule has 0 spiro atoms. The number of rotatable bonds is 7. The van der Waals surface area contributed by atoms with Crippen LogP contribution in [0.5, 0.6) is 0 Å². The molecule has 1 heterocycles. The lowest BCUT2D eigenvalue weighted by Crippen LogP contribution is -2.56. The van der Waals surface area contributed by atoms with Crippen molar-refractivity contribution in [2.24, 2.45) is 5.92 Å². The van der Waals surface area contributed by atoms with Gasteiger partial charge in [-0.25, -0.2) is 9.67 Å². The third-order valence-corrected chi connectivity index (χ3v) is 4.35. The summed E-state index contributed by atoms with van der Waals surface area (Å²) in [5, 5.41) is 15.3. The van der Waals surface area contributed by atoms with E-state index in [-0.39, 0.29) is 12.0 Å². The number of nitrogens with zero attached hydrogens (tertiary/aromatic N) is 3. The minimum absolute atomic E-state index is 0.231. The number of aromatic nitrogens is 3. The van der Waals surface area contributed by atoms with E-state index in [0.29, 0.717) is 6.54 Å². The lowest BCUT2D eigenvalue weighted by atomic mass is 9.70. The summed E-state index contributed by atoms with van der Waals surface area (Å²) in [6.45, 7) is 5.98. The number of hydrogen-bond acceptors (Lipinski definition) is 5. The summed E-state index contributed by atoms with van der Waals surface area (Å²) in [6.07, 6.45) is 5.94. The molecule has 1 aliphatic rings. The van der Waals surface area contributed by atoms with Crippen LogP contribution in [-0.2, 0) is 16.0 Å². The van der Waals surface area contributed by atoms with Crippen molar-refractivity contribution in [3.8, 4) is 0 Å². The molecule has 0 amide bonds. The highest BCUT2D eigenvalue weighted by atomic mass is 16.7. The fourth-order valence-corrected chi connectivity index (χ4v) is 2.65. The fraction of sp³-hybridized carbons (Fsp3) is 0.857. The first-order chi connectivity index (χ1) is 9.37. The molecule has 1 fully saturated rings. The second-order valence-electron chi connectivity index (χ2n) is 6.08. The van der Waals surface area contributed by atoms with Crippen LogP contribution in [-0.4, -0.2) is 44.5 Å². The van der Waals surface area contributed by atoms with Gasteiger partial charge in [0.05, 0.1) is 12.6 Å². The van der Waals surface area contributed by atoms with Crippen molar-refractivity contribution in [2.75, 3.05) is 7.11 Å². The van der Waals surface area contributed by atoms with Crippen molar-refractivity contribution in [3.63, 3.8) is 0 Å². The topological polar surface area (TPSA) is 69.4 Å². The normalized spacial score (nSPS) is 21.2. The largest absolute Gasteiger partial charge is 0.385 e. The van der Waals surface area contributed by atoms with Gasteiger partial charge in [0, 0.05) is 7.11 Å². The van der Waals surface area contributed by atoms with Gasteiger partial charge < -0.3 is 14.6 Å². The Hall–Kier alpha value is -0.980. The van der Waals surface area contributed by atoms with Gasteiger partial charge in [-0.2, -0.15) is 5.10 Å². The van der Waals surface area contributed by atoms with Gasteiger partial charge in [-0.3, -0.25) is 0 Å². The molecule has 20 heavy (non-hydrogen) atoms. The Morgan fingerprint density at radius 1 is 1.45 bits per heavy atom. The van der Waals surface area contributed by atoms with Gasteiger partial charge >= 0.3 is 0 Å². The lowest BCUT2D eigenvalue weighted by molar-refractivity contribution is -0.269. The monoisotopic (exact) mass is 283 g/mol. The van der Waals surface area contributed by atoms with Gasteiger partial charge in [0.2, 0.25) is 0 Å². The number of methoxy groups -OCH3 is 1. The van der Waals surface area contributed by atoms with Crippen molar-refractivity contribution < 1.29 is 14.6 Å². The van der Waals surface area contributed by atoms with Gasteiger partial charge in [-0.1, -0.05) is 6.42 Å². The van der Waals surface area contributed by atoms with E-state index in [2.05, 4.69) is 10.1 Å². The van der Waals surface area contributed by atoms with Crippen molar-refractivity contribution in [2.45, 2.75) is 64.1 Å². The van der Waals surface area contributed by atoms with E-state index in [9.17, 15) is 5.11 Å². The van der Waals surface area contributed by atoms with E-state index in [1.165, 1.54) is 6.33 Å². The average Bonchev–Trinajstić information content (AvgIpc) is 2.78. The molecule has 0 aromatic carbocycles. The predicted octanol–water partition coefficient (Wildman–Crippen LogP) is 1.60. The molecule has 6 nitrogen and oxygen atoms in total. The second-order valence-corrected chi connectivity index (χ2v) is 6.08. The maximum Gasteiger partial charge on any atom is 0.162 e. The molecule has 1 saturated carbocycles. The van der Waals surface area contributed by atoms with Gasteiger partial charge in [-0.05, 0) is 39.5 Å². The Kier molecular flexibility index (Phi) is 4.46. The molecule has 1 aromatic rings. The van der Waals surface area contributed by atoms with E-state index in [0.717, 1.165) is 19.3 Å². The van der Waals surface area contributed by atoms with Crippen molar-refractivity contribution >= 4 is 0 Å². The van der Waals surface area contributed by atoms with Crippen LogP contribution < -0.4 is 0 Å². The van der Waals surface area contributed by atoms with Crippen LogP contribution >= 0.6 is 0 Å².